The lowest BCUT2D eigenvalue weighted by Crippen LogP contribution is -3.20. The molecule has 1 fully saturated rings. The molecule has 1 aliphatic heterocycles. The fourth-order valence-corrected chi connectivity index (χ4v) is 2.74. The van der Waals surface area contributed by atoms with Gasteiger partial charge in [-0.1, -0.05) is 12.1 Å². The second-order valence-electron chi connectivity index (χ2n) is 5.83. The number of carbonyl (C=O) groups excluding carboxylic acids is 3. The van der Waals surface area contributed by atoms with Crippen LogP contribution in [0.25, 0.3) is 0 Å². The molecule has 136 valence electrons. The topological polar surface area (TPSA) is 98.2 Å². The molecule has 2 amide bonds. The smallest absolute Gasteiger partial charge is 0.312 e. The highest BCUT2D eigenvalue weighted by Crippen LogP contribution is 2.10. The highest BCUT2D eigenvalue weighted by Gasteiger charge is 2.36. The van der Waals surface area contributed by atoms with E-state index < -0.39 is 12.0 Å². The van der Waals surface area contributed by atoms with Gasteiger partial charge in [-0.3, -0.25) is 14.4 Å². The quantitative estimate of drug-likeness (QED) is 0.507. The molecule has 1 aromatic carbocycles. The maximum absolute atomic E-state index is 12.2. The van der Waals surface area contributed by atoms with Gasteiger partial charge in [0, 0.05) is 6.54 Å². The molecule has 0 radical (unpaired) electrons. The fraction of sp³-hybridized carbons (Fsp3) is 0.471. The van der Waals surface area contributed by atoms with Crippen LogP contribution >= 0.6 is 0 Å². The molecular weight excluding hydrogens is 326 g/mol. The maximum Gasteiger partial charge on any atom is 0.312 e. The molecule has 1 aliphatic rings. The van der Waals surface area contributed by atoms with Crippen molar-refractivity contribution in [2.24, 2.45) is 0 Å². The standard InChI is InChI=1S/C17H23N3O5/c1-24-13-5-3-12(4-6-13)10-19-15(21)11-20-8-7-18-17(23)14(20)9-16(22)25-2/h3-6,14H,7-11H2,1-2H3,(H,18,23)(H,19,21)/p+1/t14-/m0/s1. The van der Waals surface area contributed by atoms with E-state index >= 15 is 0 Å². The van der Waals surface area contributed by atoms with Crippen LogP contribution < -0.4 is 20.3 Å². The number of methoxy groups -OCH3 is 2. The van der Waals surface area contributed by atoms with Gasteiger partial charge in [0.25, 0.3) is 11.8 Å². The number of esters is 1. The summed E-state index contributed by atoms with van der Waals surface area (Å²) in [6.45, 7) is 1.59. The van der Waals surface area contributed by atoms with Crippen molar-refractivity contribution in [3.63, 3.8) is 0 Å². The van der Waals surface area contributed by atoms with Crippen LogP contribution in [0.2, 0.25) is 0 Å². The van der Waals surface area contributed by atoms with Gasteiger partial charge < -0.3 is 25.0 Å². The fourth-order valence-electron chi connectivity index (χ4n) is 2.74. The Labute approximate surface area is 146 Å². The zero-order chi connectivity index (χ0) is 18.2. The van der Waals surface area contributed by atoms with Crippen molar-refractivity contribution >= 4 is 17.8 Å². The molecule has 0 aliphatic carbocycles. The van der Waals surface area contributed by atoms with Crippen LogP contribution in [0.3, 0.4) is 0 Å². The minimum atomic E-state index is -0.604. The Kier molecular flexibility index (Phi) is 6.76. The number of quaternary nitrogens is 1. The van der Waals surface area contributed by atoms with Crippen molar-refractivity contribution in [3.8, 4) is 5.75 Å². The van der Waals surface area contributed by atoms with Gasteiger partial charge in [0.1, 0.15) is 12.2 Å². The number of hydrogen-bond acceptors (Lipinski definition) is 5. The molecule has 1 unspecified atom stereocenters. The van der Waals surface area contributed by atoms with E-state index in [2.05, 4.69) is 15.4 Å². The van der Waals surface area contributed by atoms with E-state index in [1.807, 2.05) is 24.3 Å². The monoisotopic (exact) mass is 350 g/mol. The average molecular weight is 350 g/mol. The summed E-state index contributed by atoms with van der Waals surface area (Å²) in [5, 5.41) is 5.56. The predicted octanol–water partition coefficient (Wildman–Crippen LogP) is -1.74. The van der Waals surface area contributed by atoms with Crippen molar-refractivity contribution in [2.75, 3.05) is 33.9 Å². The lowest BCUT2D eigenvalue weighted by molar-refractivity contribution is -0.909. The number of hydrogen-bond donors (Lipinski definition) is 3. The van der Waals surface area contributed by atoms with Crippen LogP contribution in [0.1, 0.15) is 12.0 Å². The Morgan fingerprint density at radius 2 is 2.00 bits per heavy atom. The molecule has 0 spiro atoms. The summed E-state index contributed by atoms with van der Waals surface area (Å²) in [5.41, 5.74) is 0.951. The third-order valence-electron chi connectivity index (χ3n) is 4.19. The van der Waals surface area contributed by atoms with Gasteiger partial charge in [-0.05, 0) is 17.7 Å². The predicted molar refractivity (Wildman–Crippen MR) is 89.0 cm³/mol. The zero-order valence-corrected chi connectivity index (χ0v) is 14.5. The molecule has 1 aromatic rings. The Bertz CT molecular complexity index is 617. The molecule has 0 bridgehead atoms. The summed E-state index contributed by atoms with van der Waals surface area (Å²) in [7, 11) is 2.88. The highest BCUT2D eigenvalue weighted by molar-refractivity contribution is 5.86. The van der Waals surface area contributed by atoms with Gasteiger partial charge in [0.05, 0.1) is 27.3 Å². The Hall–Kier alpha value is -2.61. The van der Waals surface area contributed by atoms with Gasteiger partial charge >= 0.3 is 5.97 Å². The number of rotatable bonds is 7. The van der Waals surface area contributed by atoms with Crippen LogP contribution in [-0.2, 0) is 25.7 Å². The number of carbonyl (C=O) groups is 3. The SMILES string of the molecule is COC(=O)C[C@H]1C(=O)NCC[NH+]1CC(=O)NCc1ccc(OC)cc1. The van der Waals surface area contributed by atoms with E-state index in [4.69, 9.17) is 4.74 Å². The Morgan fingerprint density at radius 1 is 1.28 bits per heavy atom. The Balaban J connectivity index is 1.88. The van der Waals surface area contributed by atoms with E-state index in [1.165, 1.54) is 7.11 Å². The van der Waals surface area contributed by atoms with Crippen LogP contribution in [-0.4, -0.2) is 57.7 Å². The summed E-state index contributed by atoms with van der Waals surface area (Å²) >= 11 is 0. The summed E-state index contributed by atoms with van der Waals surface area (Å²) < 4.78 is 9.73. The Morgan fingerprint density at radius 3 is 2.64 bits per heavy atom. The lowest BCUT2D eigenvalue weighted by atomic mass is 10.1. The first kappa shape index (κ1) is 18.7. The third-order valence-corrected chi connectivity index (χ3v) is 4.19. The molecule has 1 heterocycles. The number of ether oxygens (including phenoxy) is 2. The lowest BCUT2D eigenvalue weighted by Gasteiger charge is -2.30. The molecule has 0 saturated carbocycles. The summed E-state index contributed by atoms with van der Waals surface area (Å²) in [6, 6.07) is 6.80. The van der Waals surface area contributed by atoms with Crippen LogP contribution in [0, 0.1) is 0 Å². The van der Waals surface area contributed by atoms with Crippen molar-refractivity contribution in [1.82, 2.24) is 10.6 Å². The minimum absolute atomic E-state index is 0.0383. The van der Waals surface area contributed by atoms with Crippen LogP contribution in [0.15, 0.2) is 24.3 Å². The molecule has 2 rings (SSSR count). The largest absolute Gasteiger partial charge is 0.497 e. The first-order valence-electron chi connectivity index (χ1n) is 8.12. The van der Waals surface area contributed by atoms with Gasteiger partial charge in [0.2, 0.25) is 0 Å². The van der Waals surface area contributed by atoms with Crippen molar-refractivity contribution in [3.05, 3.63) is 29.8 Å². The van der Waals surface area contributed by atoms with E-state index in [-0.39, 0.29) is 24.8 Å². The second kappa shape index (κ2) is 9.03. The molecule has 1 saturated heterocycles. The minimum Gasteiger partial charge on any atom is -0.497 e. The third kappa shape index (κ3) is 5.46. The van der Waals surface area contributed by atoms with Gasteiger partial charge in [-0.15, -0.1) is 0 Å². The molecule has 8 nitrogen and oxygen atoms in total. The first-order valence-corrected chi connectivity index (χ1v) is 8.12. The molecule has 0 aromatic heterocycles. The van der Waals surface area contributed by atoms with E-state index in [0.717, 1.165) is 16.2 Å². The molecular formula is C17H24N3O5+. The van der Waals surface area contributed by atoms with Crippen molar-refractivity contribution in [1.29, 1.82) is 0 Å². The van der Waals surface area contributed by atoms with Gasteiger partial charge in [-0.2, -0.15) is 0 Å². The zero-order valence-electron chi connectivity index (χ0n) is 14.5. The molecule has 3 N–H and O–H groups in total. The van der Waals surface area contributed by atoms with Crippen LogP contribution in [0.4, 0.5) is 0 Å². The van der Waals surface area contributed by atoms with Crippen molar-refractivity contribution in [2.45, 2.75) is 19.0 Å². The normalized spacial score (nSPS) is 19.7. The van der Waals surface area contributed by atoms with Crippen molar-refractivity contribution < 1.29 is 28.8 Å². The van der Waals surface area contributed by atoms with E-state index in [9.17, 15) is 14.4 Å². The van der Waals surface area contributed by atoms with E-state index in [0.29, 0.717) is 19.6 Å². The van der Waals surface area contributed by atoms with Crippen LogP contribution in [0.5, 0.6) is 5.75 Å². The number of benzene rings is 1. The van der Waals surface area contributed by atoms with E-state index in [1.54, 1.807) is 7.11 Å². The first-order chi connectivity index (χ1) is 12.0. The number of amides is 2. The summed E-state index contributed by atoms with van der Waals surface area (Å²) in [4.78, 5) is 36.5. The second-order valence-corrected chi connectivity index (χ2v) is 5.83. The number of piperazine rings is 1. The molecule has 25 heavy (non-hydrogen) atoms. The average Bonchev–Trinajstić information content (AvgIpc) is 2.63. The molecule has 2 atom stereocenters. The van der Waals surface area contributed by atoms with Gasteiger partial charge in [-0.25, -0.2) is 0 Å². The summed E-state index contributed by atoms with van der Waals surface area (Å²) in [6.07, 6.45) is -0.0383. The van der Waals surface area contributed by atoms with Gasteiger partial charge in [0.15, 0.2) is 12.6 Å². The maximum atomic E-state index is 12.2. The molecule has 8 heteroatoms. The number of nitrogens with one attached hydrogen (secondary N) is 3. The summed E-state index contributed by atoms with van der Waals surface area (Å²) in [5.74, 6) is -0.104. The highest BCUT2D eigenvalue weighted by atomic mass is 16.5.